The van der Waals surface area contributed by atoms with Crippen LogP contribution in [0.25, 0.3) is 0 Å². The highest BCUT2D eigenvalue weighted by Gasteiger charge is 2.26. The minimum atomic E-state index is -3.44. The van der Waals surface area contributed by atoms with Crippen molar-refractivity contribution >= 4 is 39.0 Å². The van der Waals surface area contributed by atoms with E-state index < -0.39 is 10.0 Å². The maximum Gasteiger partial charge on any atom is 0.250 e. The summed E-state index contributed by atoms with van der Waals surface area (Å²) in [6.45, 7) is 3.26. The molecule has 1 aliphatic heterocycles. The van der Waals surface area contributed by atoms with Crippen LogP contribution in [0.4, 0.5) is 0 Å². The van der Waals surface area contributed by atoms with Crippen LogP contribution in [0.3, 0.4) is 0 Å². The highest BCUT2D eigenvalue weighted by atomic mass is 32.2. The summed E-state index contributed by atoms with van der Waals surface area (Å²) in [5.41, 5.74) is 2.46. The van der Waals surface area contributed by atoms with Crippen LogP contribution in [0.5, 0.6) is 0 Å². The monoisotopic (exact) mass is 424 g/mol. The van der Waals surface area contributed by atoms with Gasteiger partial charge in [-0.1, -0.05) is 35.9 Å². The standard InChI is InChI=1S/C19H24N2O3S3/c1-15-4-6-16(7-5-15)13-25-14-18(22)21-10-8-17(9-11-21)20-27(23,24)19-3-2-12-26-19/h2-7,12,17,20H,8-11,13-14H2,1H3. The summed E-state index contributed by atoms with van der Waals surface area (Å²) in [5, 5.41) is 1.75. The zero-order valence-corrected chi connectivity index (χ0v) is 17.7. The summed E-state index contributed by atoms with van der Waals surface area (Å²) in [4.78, 5) is 14.2. The lowest BCUT2D eigenvalue weighted by Crippen LogP contribution is -2.46. The number of carbonyl (C=O) groups is 1. The zero-order valence-electron chi connectivity index (χ0n) is 15.3. The highest BCUT2D eigenvalue weighted by molar-refractivity contribution is 7.99. The molecule has 3 rings (SSSR count). The molecule has 8 heteroatoms. The Morgan fingerprint density at radius 1 is 1.22 bits per heavy atom. The number of hydrogen-bond acceptors (Lipinski definition) is 5. The molecular formula is C19H24N2O3S3. The number of likely N-dealkylation sites (tertiary alicyclic amines) is 1. The van der Waals surface area contributed by atoms with Crippen molar-refractivity contribution in [3.63, 3.8) is 0 Å². The van der Waals surface area contributed by atoms with E-state index in [4.69, 9.17) is 0 Å². The SMILES string of the molecule is Cc1ccc(CSCC(=O)N2CCC(NS(=O)(=O)c3cccs3)CC2)cc1. The average molecular weight is 425 g/mol. The lowest BCUT2D eigenvalue weighted by molar-refractivity contribution is -0.129. The molecule has 1 saturated heterocycles. The van der Waals surface area contributed by atoms with E-state index in [0.29, 0.717) is 35.9 Å². The molecule has 0 unspecified atom stereocenters. The second-order valence-corrected chi connectivity index (χ2v) is 10.6. The van der Waals surface area contributed by atoms with Gasteiger partial charge in [-0.3, -0.25) is 4.79 Å². The Morgan fingerprint density at radius 2 is 1.93 bits per heavy atom. The van der Waals surface area contributed by atoms with Crippen molar-refractivity contribution < 1.29 is 13.2 Å². The van der Waals surface area contributed by atoms with Crippen LogP contribution < -0.4 is 4.72 Å². The maximum atomic E-state index is 12.4. The highest BCUT2D eigenvalue weighted by Crippen LogP contribution is 2.20. The molecule has 1 aromatic heterocycles. The third-order valence-corrected chi connectivity index (χ3v) is 8.45. The van der Waals surface area contributed by atoms with E-state index in [1.54, 1.807) is 29.3 Å². The number of hydrogen-bond donors (Lipinski definition) is 1. The lowest BCUT2D eigenvalue weighted by atomic mass is 10.1. The van der Waals surface area contributed by atoms with Crippen LogP contribution in [-0.4, -0.2) is 44.1 Å². The van der Waals surface area contributed by atoms with Crippen molar-refractivity contribution in [3.8, 4) is 0 Å². The molecule has 1 N–H and O–H groups in total. The van der Waals surface area contributed by atoms with Crippen LogP contribution in [0, 0.1) is 6.92 Å². The fourth-order valence-electron chi connectivity index (χ4n) is 2.97. The maximum absolute atomic E-state index is 12.4. The van der Waals surface area contributed by atoms with Crippen molar-refractivity contribution in [3.05, 3.63) is 52.9 Å². The van der Waals surface area contributed by atoms with Crippen LogP contribution in [0.1, 0.15) is 24.0 Å². The largest absolute Gasteiger partial charge is 0.342 e. The molecule has 0 atom stereocenters. The number of sulfonamides is 1. The number of piperidine rings is 1. The van der Waals surface area contributed by atoms with Crippen LogP contribution >= 0.6 is 23.1 Å². The van der Waals surface area contributed by atoms with Crippen molar-refractivity contribution in [2.45, 2.75) is 35.8 Å². The molecule has 5 nitrogen and oxygen atoms in total. The minimum absolute atomic E-state index is 0.110. The Labute approximate surface area is 169 Å². The van der Waals surface area contributed by atoms with Crippen LogP contribution in [0.15, 0.2) is 46.0 Å². The van der Waals surface area contributed by atoms with E-state index in [-0.39, 0.29) is 11.9 Å². The number of nitrogens with one attached hydrogen (secondary N) is 1. The number of carbonyl (C=O) groups excluding carboxylic acids is 1. The molecule has 0 saturated carbocycles. The molecule has 2 aromatic rings. The molecule has 0 bridgehead atoms. The number of nitrogens with zero attached hydrogens (tertiary/aromatic N) is 1. The summed E-state index contributed by atoms with van der Waals surface area (Å²) in [6.07, 6.45) is 1.30. The van der Waals surface area contributed by atoms with Gasteiger partial charge in [0.1, 0.15) is 4.21 Å². The molecule has 27 heavy (non-hydrogen) atoms. The van der Waals surface area contributed by atoms with E-state index >= 15 is 0 Å². The van der Waals surface area contributed by atoms with Crippen LogP contribution in [-0.2, 0) is 20.6 Å². The summed E-state index contributed by atoms with van der Waals surface area (Å²) in [6, 6.07) is 11.6. The molecule has 146 valence electrons. The molecule has 1 fully saturated rings. The second-order valence-electron chi connectivity index (χ2n) is 6.69. The Morgan fingerprint density at radius 3 is 2.56 bits per heavy atom. The first-order valence-electron chi connectivity index (χ1n) is 8.91. The van der Waals surface area contributed by atoms with Crippen molar-refractivity contribution in [1.82, 2.24) is 9.62 Å². The van der Waals surface area contributed by atoms with Gasteiger partial charge in [-0.05, 0) is 36.8 Å². The minimum Gasteiger partial charge on any atom is -0.342 e. The van der Waals surface area contributed by atoms with Gasteiger partial charge in [0, 0.05) is 24.9 Å². The van der Waals surface area contributed by atoms with Gasteiger partial charge in [0.2, 0.25) is 15.9 Å². The van der Waals surface area contributed by atoms with Gasteiger partial charge >= 0.3 is 0 Å². The molecule has 2 heterocycles. The third-order valence-electron chi connectivity index (χ3n) is 4.54. The summed E-state index contributed by atoms with van der Waals surface area (Å²) in [7, 11) is -3.44. The lowest BCUT2D eigenvalue weighted by Gasteiger charge is -2.32. The van der Waals surface area contributed by atoms with Crippen molar-refractivity contribution in [2.75, 3.05) is 18.8 Å². The summed E-state index contributed by atoms with van der Waals surface area (Å²) in [5.74, 6) is 1.41. The fraction of sp³-hybridized carbons (Fsp3) is 0.421. The number of aryl methyl sites for hydroxylation is 1. The number of thioether (sulfide) groups is 1. The predicted molar refractivity (Wildman–Crippen MR) is 112 cm³/mol. The number of benzene rings is 1. The van der Waals surface area contributed by atoms with E-state index in [1.807, 2.05) is 4.90 Å². The Kier molecular flexibility index (Phi) is 6.97. The molecule has 0 radical (unpaired) electrons. The molecule has 0 aliphatic carbocycles. The third kappa shape index (κ3) is 5.81. The molecule has 0 spiro atoms. The van der Waals surface area contributed by atoms with E-state index in [1.165, 1.54) is 22.5 Å². The topological polar surface area (TPSA) is 66.5 Å². The van der Waals surface area contributed by atoms with Gasteiger partial charge in [-0.25, -0.2) is 13.1 Å². The first kappa shape index (κ1) is 20.4. The first-order valence-corrected chi connectivity index (χ1v) is 12.4. The van der Waals surface area contributed by atoms with Crippen LogP contribution in [0.2, 0.25) is 0 Å². The quantitative estimate of drug-likeness (QED) is 0.741. The number of thiophene rings is 1. The van der Waals surface area contributed by atoms with Crippen molar-refractivity contribution in [1.29, 1.82) is 0 Å². The second kappa shape index (κ2) is 9.23. The molecule has 1 amide bonds. The van der Waals surface area contributed by atoms with Gasteiger partial charge < -0.3 is 4.90 Å². The Balaban J connectivity index is 1.40. The van der Waals surface area contributed by atoms with E-state index in [9.17, 15) is 13.2 Å². The normalized spacial score (nSPS) is 15.8. The van der Waals surface area contributed by atoms with E-state index in [2.05, 4.69) is 35.9 Å². The first-order chi connectivity index (χ1) is 12.9. The van der Waals surface area contributed by atoms with Crippen molar-refractivity contribution in [2.24, 2.45) is 0 Å². The average Bonchev–Trinajstić information content (AvgIpc) is 3.19. The van der Waals surface area contributed by atoms with Gasteiger partial charge in [-0.15, -0.1) is 23.1 Å². The molecule has 1 aliphatic rings. The smallest absolute Gasteiger partial charge is 0.250 e. The van der Waals surface area contributed by atoms with Gasteiger partial charge in [0.05, 0.1) is 5.75 Å². The van der Waals surface area contributed by atoms with E-state index in [0.717, 1.165) is 5.75 Å². The van der Waals surface area contributed by atoms with Gasteiger partial charge in [0.25, 0.3) is 0 Å². The fourth-order valence-corrected chi connectivity index (χ4v) is 6.17. The van der Waals surface area contributed by atoms with Gasteiger partial charge in [0.15, 0.2) is 0 Å². The predicted octanol–water partition coefficient (Wildman–Crippen LogP) is 3.26. The summed E-state index contributed by atoms with van der Waals surface area (Å²) >= 11 is 2.84. The molecule has 1 aromatic carbocycles. The molecular weight excluding hydrogens is 400 g/mol. The number of rotatable bonds is 7. The zero-order chi connectivity index (χ0) is 19.3. The number of amides is 1. The Hall–Kier alpha value is -1.35. The Bertz CT molecular complexity index is 841. The van der Waals surface area contributed by atoms with Gasteiger partial charge in [-0.2, -0.15) is 0 Å². The summed E-state index contributed by atoms with van der Waals surface area (Å²) < 4.78 is 27.7.